The van der Waals surface area contributed by atoms with Crippen LogP contribution in [0, 0.1) is 6.92 Å². The highest BCUT2D eigenvalue weighted by Gasteiger charge is 2.19. The molecule has 0 amide bonds. The lowest BCUT2D eigenvalue weighted by molar-refractivity contribution is 0.229. The van der Waals surface area contributed by atoms with E-state index in [1.807, 2.05) is 13.0 Å². The third-order valence-electron chi connectivity index (χ3n) is 4.18. The lowest BCUT2D eigenvalue weighted by Gasteiger charge is -2.32. The smallest absolute Gasteiger partial charge is 0.240 e. The maximum atomic E-state index is 11.9. The summed E-state index contributed by atoms with van der Waals surface area (Å²) in [7, 11) is -1.96. The van der Waals surface area contributed by atoms with Gasteiger partial charge < -0.3 is 10.2 Å². The van der Waals surface area contributed by atoms with Crippen LogP contribution in [-0.2, 0) is 10.0 Å². The first-order valence-corrected chi connectivity index (χ1v) is 8.97. The fourth-order valence-corrected chi connectivity index (χ4v) is 3.41. The van der Waals surface area contributed by atoms with Crippen LogP contribution in [0.4, 0.5) is 5.69 Å². The first kappa shape index (κ1) is 16.3. The predicted octanol–water partition coefficient (Wildman–Crippen LogP) is 1.80. The van der Waals surface area contributed by atoms with E-state index in [2.05, 4.69) is 21.9 Å². The van der Waals surface area contributed by atoms with Crippen LogP contribution in [-0.4, -0.2) is 46.0 Å². The molecule has 1 aliphatic rings. The van der Waals surface area contributed by atoms with Crippen molar-refractivity contribution in [1.82, 2.24) is 9.62 Å². The Labute approximate surface area is 127 Å². The Morgan fingerprint density at radius 1 is 1.29 bits per heavy atom. The molecule has 0 aromatic heterocycles. The molecule has 21 heavy (non-hydrogen) atoms. The van der Waals surface area contributed by atoms with Crippen molar-refractivity contribution in [2.24, 2.45) is 0 Å². The van der Waals surface area contributed by atoms with E-state index in [4.69, 9.17) is 0 Å². The molecule has 0 atom stereocenters. The zero-order valence-electron chi connectivity index (χ0n) is 13.0. The number of hydrogen-bond donors (Lipinski definition) is 2. The minimum atomic E-state index is -3.39. The molecule has 5 nitrogen and oxygen atoms in total. The van der Waals surface area contributed by atoms with Gasteiger partial charge in [-0.1, -0.05) is 13.0 Å². The number of sulfonamides is 1. The molecule has 0 unspecified atom stereocenters. The highest BCUT2D eigenvalue weighted by atomic mass is 32.2. The van der Waals surface area contributed by atoms with E-state index in [0.717, 1.165) is 43.7 Å². The van der Waals surface area contributed by atoms with Gasteiger partial charge in [0.15, 0.2) is 0 Å². The van der Waals surface area contributed by atoms with Gasteiger partial charge in [0.1, 0.15) is 0 Å². The second kappa shape index (κ2) is 6.77. The van der Waals surface area contributed by atoms with E-state index in [0.29, 0.717) is 10.9 Å². The number of rotatable bonds is 5. The van der Waals surface area contributed by atoms with Gasteiger partial charge in [-0.15, -0.1) is 0 Å². The number of nitrogens with zero attached hydrogens (tertiary/aromatic N) is 1. The van der Waals surface area contributed by atoms with Crippen molar-refractivity contribution in [3.8, 4) is 0 Å². The van der Waals surface area contributed by atoms with Gasteiger partial charge in [-0.25, -0.2) is 13.1 Å². The van der Waals surface area contributed by atoms with Crippen LogP contribution in [0.2, 0.25) is 0 Å². The third kappa shape index (κ3) is 3.96. The van der Waals surface area contributed by atoms with E-state index < -0.39 is 10.0 Å². The summed E-state index contributed by atoms with van der Waals surface area (Å²) in [6.07, 6.45) is 2.19. The molecule has 2 rings (SSSR count). The van der Waals surface area contributed by atoms with E-state index in [1.165, 1.54) is 7.05 Å². The van der Waals surface area contributed by atoms with E-state index in [1.54, 1.807) is 12.1 Å². The number of anilines is 1. The largest absolute Gasteiger partial charge is 0.382 e. The first-order chi connectivity index (χ1) is 9.96. The molecule has 6 heteroatoms. The fourth-order valence-electron chi connectivity index (χ4n) is 2.66. The lowest BCUT2D eigenvalue weighted by Crippen LogP contribution is -2.39. The molecule has 0 aliphatic carbocycles. The summed E-state index contributed by atoms with van der Waals surface area (Å²) in [5.41, 5.74) is 1.99. The summed E-state index contributed by atoms with van der Waals surface area (Å²) < 4.78 is 26.1. The zero-order chi connectivity index (χ0) is 15.5. The second-order valence-electron chi connectivity index (χ2n) is 5.54. The Morgan fingerprint density at radius 2 is 1.95 bits per heavy atom. The minimum absolute atomic E-state index is 0.309. The van der Waals surface area contributed by atoms with Crippen molar-refractivity contribution in [3.05, 3.63) is 23.8 Å². The molecule has 1 fully saturated rings. The maximum Gasteiger partial charge on any atom is 0.240 e. The van der Waals surface area contributed by atoms with Crippen LogP contribution < -0.4 is 10.0 Å². The average molecular weight is 311 g/mol. The van der Waals surface area contributed by atoms with Gasteiger partial charge in [-0.2, -0.15) is 0 Å². The molecule has 1 aromatic rings. The fraction of sp³-hybridized carbons (Fsp3) is 0.600. The molecule has 1 aliphatic heterocycles. The number of likely N-dealkylation sites (tertiary alicyclic amines) is 1. The van der Waals surface area contributed by atoms with E-state index >= 15 is 0 Å². The van der Waals surface area contributed by atoms with E-state index in [9.17, 15) is 8.42 Å². The first-order valence-electron chi connectivity index (χ1n) is 7.49. The molecular weight excluding hydrogens is 286 g/mol. The quantitative estimate of drug-likeness (QED) is 0.870. The van der Waals surface area contributed by atoms with E-state index in [-0.39, 0.29) is 0 Å². The minimum Gasteiger partial charge on any atom is -0.382 e. The summed E-state index contributed by atoms with van der Waals surface area (Å²) in [5, 5.41) is 3.51. The molecule has 0 spiro atoms. The number of hydrogen-bond acceptors (Lipinski definition) is 4. The zero-order valence-corrected chi connectivity index (χ0v) is 13.8. The standard InChI is InChI=1S/C15H25N3O2S/c1-4-18-9-7-13(8-10-18)17-15-11-14(6-5-12(15)2)21(19,20)16-3/h5-6,11,13,16-17H,4,7-10H2,1-3H3. The normalized spacial score (nSPS) is 17.9. The van der Waals surface area contributed by atoms with Crippen molar-refractivity contribution in [2.75, 3.05) is 32.0 Å². The monoisotopic (exact) mass is 311 g/mol. The van der Waals surface area contributed by atoms with Crippen molar-refractivity contribution in [1.29, 1.82) is 0 Å². The Balaban J connectivity index is 2.12. The Morgan fingerprint density at radius 3 is 2.52 bits per heavy atom. The molecule has 0 radical (unpaired) electrons. The number of aryl methyl sites for hydroxylation is 1. The van der Waals surface area contributed by atoms with Crippen LogP contribution in [0.5, 0.6) is 0 Å². The second-order valence-corrected chi connectivity index (χ2v) is 7.42. The highest BCUT2D eigenvalue weighted by Crippen LogP contribution is 2.23. The van der Waals surface area contributed by atoms with Gasteiger partial charge in [-0.05, 0) is 51.1 Å². The van der Waals surface area contributed by atoms with Crippen LogP contribution in [0.15, 0.2) is 23.1 Å². The van der Waals surface area contributed by atoms with Gasteiger partial charge in [0, 0.05) is 24.8 Å². The van der Waals surface area contributed by atoms with Crippen LogP contribution in [0.1, 0.15) is 25.3 Å². The predicted molar refractivity (Wildman–Crippen MR) is 86.2 cm³/mol. The van der Waals surface area contributed by atoms with Crippen molar-refractivity contribution < 1.29 is 8.42 Å². The highest BCUT2D eigenvalue weighted by molar-refractivity contribution is 7.89. The SMILES string of the molecule is CCN1CCC(Nc2cc(S(=O)(=O)NC)ccc2C)CC1. The maximum absolute atomic E-state index is 11.9. The molecule has 0 bridgehead atoms. The molecule has 118 valence electrons. The summed E-state index contributed by atoms with van der Waals surface area (Å²) in [5.74, 6) is 0. The average Bonchev–Trinajstić information content (AvgIpc) is 2.50. The third-order valence-corrected chi connectivity index (χ3v) is 5.59. The molecule has 0 saturated carbocycles. The van der Waals surface area contributed by atoms with Crippen LogP contribution in [0.3, 0.4) is 0 Å². The lowest BCUT2D eigenvalue weighted by atomic mass is 10.0. The Hall–Kier alpha value is -1.11. The summed E-state index contributed by atoms with van der Waals surface area (Å²) in [6, 6.07) is 5.65. The van der Waals surface area contributed by atoms with Gasteiger partial charge in [0.25, 0.3) is 0 Å². The van der Waals surface area contributed by atoms with Crippen molar-refractivity contribution in [3.63, 3.8) is 0 Å². The van der Waals surface area contributed by atoms with Crippen molar-refractivity contribution >= 4 is 15.7 Å². The Kier molecular flexibility index (Phi) is 5.24. The topological polar surface area (TPSA) is 61.4 Å². The Bertz CT molecular complexity index is 579. The number of nitrogens with one attached hydrogen (secondary N) is 2. The van der Waals surface area contributed by atoms with Crippen LogP contribution >= 0.6 is 0 Å². The van der Waals surface area contributed by atoms with Gasteiger partial charge in [0.2, 0.25) is 10.0 Å². The number of benzene rings is 1. The molecule has 1 saturated heterocycles. The molecule has 1 aromatic carbocycles. The van der Waals surface area contributed by atoms with Crippen LogP contribution in [0.25, 0.3) is 0 Å². The molecular formula is C15H25N3O2S. The van der Waals surface area contributed by atoms with Gasteiger partial charge in [-0.3, -0.25) is 0 Å². The molecule has 2 N–H and O–H groups in total. The summed E-state index contributed by atoms with van der Waals surface area (Å²) in [4.78, 5) is 2.75. The van der Waals surface area contributed by atoms with Gasteiger partial charge >= 0.3 is 0 Å². The van der Waals surface area contributed by atoms with Gasteiger partial charge in [0.05, 0.1) is 4.90 Å². The summed E-state index contributed by atoms with van der Waals surface area (Å²) in [6.45, 7) is 7.48. The number of piperidine rings is 1. The summed E-state index contributed by atoms with van der Waals surface area (Å²) >= 11 is 0. The van der Waals surface area contributed by atoms with Crippen molar-refractivity contribution in [2.45, 2.75) is 37.6 Å². The molecule has 1 heterocycles.